The molecule has 1 saturated heterocycles. The molecule has 1 aliphatic heterocycles. The zero-order chi connectivity index (χ0) is 11.7. The van der Waals surface area contributed by atoms with E-state index in [4.69, 9.17) is 10.5 Å². The standard InChI is InChI=1S/C9H15N5O2/c1-5-6(3-4-16-5)14(2)8(15)7-11-9(10)13-12-7/h5-6H,3-4H2,1-2H3,(H3,10,11,12,13). The molecule has 2 rings (SSSR count). The fraction of sp³-hybridized carbons (Fsp3) is 0.667. The van der Waals surface area contributed by atoms with Gasteiger partial charge in [0.1, 0.15) is 0 Å². The van der Waals surface area contributed by atoms with E-state index in [-0.39, 0.29) is 29.8 Å². The van der Waals surface area contributed by atoms with Crippen LogP contribution in [0.4, 0.5) is 5.95 Å². The highest BCUT2D eigenvalue weighted by atomic mass is 16.5. The van der Waals surface area contributed by atoms with Crippen LogP contribution in [0.15, 0.2) is 0 Å². The molecular formula is C9H15N5O2. The maximum atomic E-state index is 12.0. The molecule has 1 fully saturated rings. The van der Waals surface area contributed by atoms with E-state index in [0.29, 0.717) is 6.61 Å². The second-order valence-corrected chi connectivity index (χ2v) is 3.89. The summed E-state index contributed by atoms with van der Waals surface area (Å²) in [7, 11) is 1.73. The first-order chi connectivity index (χ1) is 7.59. The predicted octanol–water partition coefficient (Wildman–Crippen LogP) is -0.364. The van der Waals surface area contributed by atoms with Gasteiger partial charge in [-0.1, -0.05) is 0 Å². The van der Waals surface area contributed by atoms with Gasteiger partial charge in [-0.15, -0.1) is 5.10 Å². The largest absolute Gasteiger partial charge is 0.376 e. The summed E-state index contributed by atoms with van der Waals surface area (Å²) in [6.07, 6.45) is 0.891. The van der Waals surface area contributed by atoms with Crippen molar-refractivity contribution in [3.8, 4) is 0 Å². The van der Waals surface area contributed by atoms with Crippen LogP contribution in [0.25, 0.3) is 0 Å². The minimum atomic E-state index is -0.216. The lowest BCUT2D eigenvalue weighted by atomic mass is 10.1. The lowest BCUT2D eigenvalue weighted by Gasteiger charge is -2.25. The van der Waals surface area contributed by atoms with Crippen molar-refractivity contribution in [1.29, 1.82) is 0 Å². The molecule has 0 aliphatic carbocycles. The number of amides is 1. The Labute approximate surface area is 93.0 Å². The summed E-state index contributed by atoms with van der Waals surface area (Å²) in [5.41, 5.74) is 5.35. The van der Waals surface area contributed by atoms with Crippen LogP contribution >= 0.6 is 0 Å². The summed E-state index contributed by atoms with van der Waals surface area (Å²) in [5, 5.41) is 6.13. The van der Waals surface area contributed by atoms with E-state index < -0.39 is 0 Å². The van der Waals surface area contributed by atoms with E-state index in [1.165, 1.54) is 0 Å². The number of hydrogen-bond acceptors (Lipinski definition) is 5. The van der Waals surface area contributed by atoms with Crippen LogP contribution in [0.3, 0.4) is 0 Å². The number of likely N-dealkylation sites (N-methyl/N-ethyl adjacent to an activating group) is 1. The summed E-state index contributed by atoms with van der Waals surface area (Å²) < 4.78 is 5.41. The summed E-state index contributed by atoms with van der Waals surface area (Å²) in [5.74, 6) is 0.0260. The van der Waals surface area contributed by atoms with Crippen molar-refractivity contribution in [2.45, 2.75) is 25.5 Å². The Morgan fingerprint density at radius 1 is 1.69 bits per heavy atom. The van der Waals surface area contributed by atoms with Crippen molar-refractivity contribution in [3.63, 3.8) is 0 Å². The average Bonchev–Trinajstić information content (AvgIpc) is 2.85. The van der Waals surface area contributed by atoms with E-state index in [0.717, 1.165) is 6.42 Å². The Hall–Kier alpha value is -1.63. The van der Waals surface area contributed by atoms with Crippen LogP contribution in [0.2, 0.25) is 0 Å². The molecule has 1 aliphatic rings. The molecule has 2 heterocycles. The number of nitrogen functional groups attached to an aromatic ring is 1. The van der Waals surface area contributed by atoms with Gasteiger partial charge < -0.3 is 15.4 Å². The Bertz CT molecular complexity index is 391. The zero-order valence-corrected chi connectivity index (χ0v) is 9.30. The molecule has 1 amide bonds. The third-order valence-electron chi connectivity index (χ3n) is 2.86. The molecule has 0 radical (unpaired) electrons. The van der Waals surface area contributed by atoms with E-state index >= 15 is 0 Å². The molecule has 2 atom stereocenters. The lowest BCUT2D eigenvalue weighted by Crippen LogP contribution is -2.41. The van der Waals surface area contributed by atoms with E-state index in [1.807, 2.05) is 6.92 Å². The third kappa shape index (κ3) is 1.85. The SMILES string of the molecule is CC1OCCC1N(C)C(=O)c1nc(N)n[nH]1. The first-order valence-corrected chi connectivity index (χ1v) is 5.16. The Morgan fingerprint density at radius 3 is 2.94 bits per heavy atom. The lowest BCUT2D eigenvalue weighted by molar-refractivity contribution is 0.0565. The second kappa shape index (κ2) is 4.09. The van der Waals surface area contributed by atoms with Gasteiger partial charge in [0.15, 0.2) is 0 Å². The van der Waals surface area contributed by atoms with Gasteiger partial charge in [0.2, 0.25) is 11.8 Å². The smallest absolute Gasteiger partial charge is 0.291 e. The minimum absolute atomic E-state index is 0.0502. The Morgan fingerprint density at radius 2 is 2.44 bits per heavy atom. The van der Waals surface area contributed by atoms with Crippen molar-refractivity contribution in [2.24, 2.45) is 0 Å². The molecule has 2 unspecified atom stereocenters. The van der Waals surface area contributed by atoms with Crippen molar-refractivity contribution >= 4 is 11.9 Å². The number of hydrogen-bond donors (Lipinski definition) is 2. The van der Waals surface area contributed by atoms with Crippen molar-refractivity contribution in [1.82, 2.24) is 20.1 Å². The second-order valence-electron chi connectivity index (χ2n) is 3.89. The van der Waals surface area contributed by atoms with Gasteiger partial charge in [-0.25, -0.2) is 0 Å². The number of anilines is 1. The third-order valence-corrected chi connectivity index (χ3v) is 2.86. The predicted molar refractivity (Wildman–Crippen MR) is 56.7 cm³/mol. The van der Waals surface area contributed by atoms with E-state index in [2.05, 4.69) is 15.2 Å². The zero-order valence-electron chi connectivity index (χ0n) is 9.30. The van der Waals surface area contributed by atoms with E-state index in [9.17, 15) is 4.79 Å². The van der Waals surface area contributed by atoms with Gasteiger partial charge in [0.05, 0.1) is 12.1 Å². The molecular weight excluding hydrogens is 210 g/mol. The number of aromatic amines is 1. The molecule has 0 bridgehead atoms. The summed E-state index contributed by atoms with van der Waals surface area (Å²) in [6.45, 7) is 2.64. The highest BCUT2D eigenvalue weighted by molar-refractivity contribution is 5.90. The number of nitrogens with zero attached hydrogens (tertiary/aromatic N) is 3. The molecule has 0 spiro atoms. The molecule has 16 heavy (non-hydrogen) atoms. The van der Waals surface area contributed by atoms with E-state index in [1.54, 1.807) is 11.9 Å². The number of ether oxygens (including phenoxy) is 1. The monoisotopic (exact) mass is 225 g/mol. The number of H-pyrrole nitrogens is 1. The first-order valence-electron chi connectivity index (χ1n) is 5.16. The van der Waals surface area contributed by atoms with Crippen LogP contribution in [0.5, 0.6) is 0 Å². The van der Waals surface area contributed by atoms with Gasteiger partial charge in [-0.05, 0) is 13.3 Å². The molecule has 3 N–H and O–H groups in total. The number of carbonyl (C=O) groups is 1. The highest BCUT2D eigenvalue weighted by Crippen LogP contribution is 2.19. The van der Waals surface area contributed by atoms with Crippen molar-refractivity contribution in [3.05, 3.63) is 5.82 Å². The molecule has 88 valence electrons. The molecule has 0 saturated carbocycles. The quantitative estimate of drug-likeness (QED) is 0.716. The highest BCUT2D eigenvalue weighted by Gasteiger charge is 2.32. The fourth-order valence-corrected chi connectivity index (χ4v) is 1.92. The average molecular weight is 225 g/mol. The molecule has 7 heteroatoms. The van der Waals surface area contributed by atoms with Crippen LogP contribution in [0.1, 0.15) is 24.0 Å². The summed E-state index contributed by atoms with van der Waals surface area (Å²) >= 11 is 0. The molecule has 7 nitrogen and oxygen atoms in total. The fourth-order valence-electron chi connectivity index (χ4n) is 1.92. The summed E-state index contributed by atoms with van der Waals surface area (Å²) in [4.78, 5) is 17.4. The maximum Gasteiger partial charge on any atom is 0.291 e. The van der Waals surface area contributed by atoms with Gasteiger partial charge in [0.25, 0.3) is 5.91 Å². The van der Waals surface area contributed by atoms with Gasteiger partial charge in [-0.3, -0.25) is 9.89 Å². The Balaban J connectivity index is 2.10. The van der Waals surface area contributed by atoms with Crippen LogP contribution < -0.4 is 5.73 Å². The van der Waals surface area contributed by atoms with Gasteiger partial charge in [0, 0.05) is 13.7 Å². The normalized spacial score (nSPS) is 24.6. The number of aromatic nitrogens is 3. The molecule has 0 aromatic carbocycles. The maximum absolute atomic E-state index is 12.0. The topological polar surface area (TPSA) is 97.1 Å². The molecule has 1 aromatic heterocycles. The summed E-state index contributed by atoms with van der Waals surface area (Å²) in [6, 6.07) is 0.0822. The number of nitrogens with one attached hydrogen (secondary N) is 1. The first kappa shape index (κ1) is 10.9. The Kier molecular flexibility index (Phi) is 2.78. The molecule has 1 aromatic rings. The van der Waals surface area contributed by atoms with Crippen molar-refractivity contribution in [2.75, 3.05) is 19.4 Å². The van der Waals surface area contributed by atoms with Crippen LogP contribution in [0, 0.1) is 0 Å². The number of nitrogens with two attached hydrogens (primary N) is 1. The number of rotatable bonds is 2. The van der Waals surface area contributed by atoms with Gasteiger partial charge >= 0.3 is 0 Å². The van der Waals surface area contributed by atoms with Crippen LogP contribution in [-0.2, 0) is 4.74 Å². The number of carbonyl (C=O) groups excluding carboxylic acids is 1. The minimum Gasteiger partial charge on any atom is -0.376 e. The van der Waals surface area contributed by atoms with Gasteiger partial charge in [-0.2, -0.15) is 4.98 Å². The van der Waals surface area contributed by atoms with Crippen molar-refractivity contribution < 1.29 is 9.53 Å². The van der Waals surface area contributed by atoms with Crippen LogP contribution in [-0.4, -0.2) is 51.8 Å².